The molecule has 0 aliphatic heterocycles. The Morgan fingerprint density at radius 1 is 0.909 bits per heavy atom. The second kappa shape index (κ2) is 13.3. The van der Waals surface area contributed by atoms with Gasteiger partial charge >= 0.3 is 11.9 Å². The number of aromatic nitrogens is 1. The van der Waals surface area contributed by atoms with Crippen LogP contribution in [0.5, 0.6) is 11.5 Å². The highest BCUT2D eigenvalue weighted by Gasteiger charge is 2.45. The van der Waals surface area contributed by atoms with Crippen molar-refractivity contribution in [3.05, 3.63) is 94.7 Å². The number of fused-ring (bicyclic) bond motifs is 1. The maximum Gasteiger partial charge on any atom is 0.323 e. The van der Waals surface area contributed by atoms with Crippen molar-refractivity contribution in [2.24, 2.45) is 5.41 Å². The number of halogens is 2. The summed E-state index contributed by atoms with van der Waals surface area (Å²) in [7, 11) is 0. The van der Waals surface area contributed by atoms with Crippen molar-refractivity contribution in [3.63, 3.8) is 0 Å². The Bertz CT molecular complexity index is 1690. The number of hydrogen-bond acceptors (Lipinski definition) is 4. The number of carboxylic acid groups (broad SMARTS) is 2. The Morgan fingerprint density at radius 2 is 1.61 bits per heavy atom. The highest BCUT2D eigenvalue weighted by Crippen LogP contribution is 2.52. The molecule has 1 aliphatic carbocycles. The van der Waals surface area contributed by atoms with E-state index in [1.54, 1.807) is 0 Å². The van der Waals surface area contributed by atoms with Gasteiger partial charge in [0.2, 0.25) is 5.82 Å². The second-order valence-corrected chi connectivity index (χ2v) is 11.4. The summed E-state index contributed by atoms with van der Waals surface area (Å²) in [6.07, 6.45) is 7.66. The van der Waals surface area contributed by atoms with Crippen LogP contribution in [0.15, 0.2) is 60.7 Å². The zero-order chi connectivity index (χ0) is 31.3. The van der Waals surface area contributed by atoms with E-state index < -0.39 is 23.6 Å². The maximum absolute atomic E-state index is 13.7. The zero-order valence-electron chi connectivity index (χ0n) is 24.5. The van der Waals surface area contributed by atoms with E-state index in [1.165, 1.54) is 12.1 Å². The Kier molecular flexibility index (Phi) is 9.32. The highest BCUT2D eigenvalue weighted by molar-refractivity contribution is 5.95. The molecule has 0 radical (unpaired) electrons. The Morgan fingerprint density at radius 3 is 2.30 bits per heavy atom. The van der Waals surface area contributed by atoms with Crippen LogP contribution < -0.4 is 9.47 Å². The number of unbranched alkanes of at least 4 members (excludes halogenated alkanes) is 1. The quantitative estimate of drug-likeness (QED) is 0.108. The first kappa shape index (κ1) is 30.8. The largest absolute Gasteiger partial charge is 0.494 e. The average molecular weight is 604 g/mol. The molecule has 3 aromatic carbocycles. The van der Waals surface area contributed by atoms with Crippen molar-refractivity contribution in [1.82, 2.24) is 4.57 Å². The van der Waals surface area contributed by atoms with Gasteiger partial charge in [0.25, 0.3) is 0 Å². The van der Waals surface area contributed by atoms with E-state index in [0.29, 0.717) is 31.6 Å². The number of rotatable bonds is 15. The molecule has 1 heterocycles. The van der Waals surface area contributed by atoms with Crippen LogP contribution in [0.4, 0.5) is 8.78 Å². The van der Waals surface area contributed by atoms with E-state index >= 15 is 0 Å². The van der Waals surface area contributed by atoms with Crippen LogP contribution in [0.25, 0.3) is 23.1 Å². The fourth-order valence-electron chi connectivity index (χ4n) is 5.64. The van der Waals surface area contributed by atoms with Crippen LogP contribution in [0.3, 0.4) is 0 Å². The van der Waals surface area contributed by atoms with Crippen LogP contribution in [-0.4, -0.2) is 39.9 Å². The predicted molar refractivity (Wildman–Crippen MR) is 164 cm³/mol. The minimum Gasteiger partial charge on any atom is -0.494 e. The van der Waals surface area contributed by atoms with Gasteiger partial charge in [-0.05, 0) is 85.4 Å². The molecule has 1 fully saturated rings. The SMILES string of the molecule is Cc1c(CC2(CC(=O)O)CC2)c2cccc(C=Cc3ccc(OCCCCOc4cccc(F)c4F)cc3)c2n1CC(=O)O. The first-order valence-electron chi connectivity index (χ1n) is 14.7. The van der Waals surface area contributed by atoms with Gasteiger partial charge < -0.3 is 24.3 Å². The number of aliphatic carboxylic acids is 2. The Balaban J connectivity index is 1.23. The van der Waals surface area contributed by atoms with Gasteiger partial charge in [-0.1, -0.05) is 48.6 Å². The number of benzene rings is 3. The summed E-state index contributed by atoms with van der Waals surface area (Å²) in [6.45, 7) is 2.43. The molecule has 0 amide bonds. The van der Waals surface area contributed by atoms with Crippen molar-refractivity contribution in [3.8, 4) is 11.5 Å². The normalized spacial score (nSPS) is 13.8. The topological polar surface area (TPSA) is 98.0 Å². The number of carboxylic acids is 2. The Labute approximate surface area is 254 Å². The molecule has 0 bridgehead atoms. The fraction of sp³-hybridized carbons (Fsp3) is 0.314. The first-order chi connectivity index (χ1) is 21.2. The third-order valence-electron chi connectivity index (χ3n) is 8.15. The van der Waals surface area contributed by atoms with Crippen molar-refractivity contribution >= 4 is 35.0 Å². The molecule has 44 heavy (non-hydrogen) atoms. The molecule has 230 valence electrons. The Hall–Kier alpha value is -4.66. The van der Waals surface area contributed by atoms with Crippen LogP contribution in [0.2, 0.25) is 0 Å². The number of ether oxygens (including phenoxy) is 2. The second-order valence-electron chi connectivity index (χ2n) is 11.4. The molecule has 1 aromatic heterocycles. The summed E-state index contributed by atoms with van der Waals surface area (Å²) in [5.41, 5.74) is 4.26. The molecule has 0 unspecified atom stereocenters. The molecule has 4 aromatic rings. The first-order valence-corrected chi connectivity index (χ1v) is 14.7. The fourth-order valence-corrected chi connectivity index (χ4v) is 5.64. The van der Waals surface area contributed by atoms with Gasteiger partial charge in [-0.3, -0.25) is 9.59 Å². The summed E-state index contributed by atoms with van der Waals surface area (Å²) in [5.74, 6) is -3.06. The lowest BCUT2D eigenvalue weighted by Crippen LogP contribution is -2.13. The minimum absolute atomic E-state index is 0.0983. The summed E-state index contributed by atoms with van der Waals surface area (Å²) >= 11 is 0. The van der Waals surface area contributed by atoms with E-state index in [4.69, 9.17) is 9.47 Å². The van der Waals surface area contributed by atoms with Gasteiger partial charge in [-0.25, -0.2) is 4.39 Å². The molecule has 1 aliphatic rings. The molecular formula is C35H35F2NO6. The van der Waals surface area contributed by atoms with Crippen LogP contribution in [-0.2, 0) is 22.6 Å². The number of nitrogens with zero attached hydrogens (tertiary/aromatic N) is 1. The summed E-state index contributed by atoms with van der Waals surface area (Å²) in [4.78, 5) is 23.3. The third-order valence-corrected chi connectivity index (χ3v) is 8.15. The molecule has 9 heteroatoms. The van der Waals surface area contributed by atoms with Crippen molar-refractivity contribution < 1.29 is 38.1 Å². The third kappa shape index (κ3) is 7.27. The van der Waals surface area contributed by atoms with Crippen LogP contribution in [0, 0.1) is 24.0 Å². The maximum atomic E-state index is 13.7. The number of para-hydroxylation sites is 1. The van der Waals surface area contributed by atoms with E-state index in [2.05, 4.69) is 0 Å². The van der Waals surface area contributed by atoms with Gasteiger partial charge in [0.1, 0.15) is 12.3 Å². The average Bonchev–Trinajstić information content (AvgIpc) is 3.70. The van der Waals surface area contributed by atoms with Crippen LogP contribution >= 0.6 is 0 Å². The molecule has 0 saturated heterocycles. The molecular weight excluding hydrogens is 568 g/mol. The van der Waals surface area contributed by atoms with Crippen molar-refractivity contribution in [1.29, 1.82) is 0 Å². The smallest absolute Gasteiger partial charge is 0.323 e. The van der Waals surface area contributed by atoms with Gasteiger partial charge in [-0.15, -0.1) is 0 Å². The lowest BCUT2D eigenvalue weighted by Gasteiger charge is -2.13. The predicted octanol–water partition coefficient (Wildman–Crippen LogP) is 7.52. The summed E-state index contributed by atoms with van der Waals surface area (Å²) in [5, 5.41) is 20.0. The lowest BCUT2D eigenvalue weighted by molar-refractivity contribution is -0.139. The van der Waals surface area contributed by atoms with Gasteiger partial charge in [0, 0.05) is 11.1 Å². The molecule has 1 saturated carbocycles. The minimum atomic E-state index is -0.983. The lowest BCUT2D eigenvalue weighted by atomic mass is 9.91. The molecule has 0 spiro atoms. The summed E-state index contributed by atoms with van der Waals surface area (Å²) < 4.78 is 39.9. The zero-order valence-corrected chi connectivity index (χ0v) is 24.5. The van der Waals surface area contributed by atoms with Gasteiger partial charge in [-0.2, -0.15) is 4.39 Å². The monoisotopic (exact) mass is 603 g/mol. The van der Waals surface area contributed by atoms with Crippen molar-refractivity contribution in [2.45, 2.75) is 52.0 Å². The molecule has 2 N–H and O–H groups in total. The van der Waals surface area contributed by atoms with E-state index in [1.807, 2.05) is 66.1 Å². The van der Waals surface area contributed by atoms with Gasteiger partial charge in [0.05, 0.1) is 25.2 Å². The van der Waals surface area contributed by atoms with Crippen LogP contribution in [0.1, 0.15) is 54.5 Å². The molecule has 5 rings (SSSR count). The van der Waals surface area contributed by atoms with E-state index in [-0.39, 0.29) is 30.7 Å². The van der Waals surface area contributed by atoms with E-state index in [9.17, 15) is 28.6 Å². The highest BCUT2D eigenvalue weighted by atomic mass is 19.2. The standard InChI is InChI=1S/C35H35F2NO6/c1-23-28(20-35(16-17-35)21-31(39)40)27-7-4-6-25(34(27)38(23)22-32(41)42)13-10-24-11-14-26(15-12-24)43-18-2-3-19-44-30-9-5-8-29(36)33(30)37/h4-15H,2-3,16-22H2,1H3,(H,39,40)(H,41,42). The number of hydrogen-bond donors (Lipinski definition) is 2. The van der Waals surface area contributed by atoms with E-state index in [0.717, 1.165) is 52.2 Å². The molecule has 7 nitrogen and oxygen atoms in total. The molecule has 0 atom stereocenters. The van der Waals surface area contributed by atoms with Gasteiger partial charge in [0.15, 0.2) is 11.6 Å². The summed E-state index contributed by atoms with van der Waals surface area (Å²) in [6, 6.07) is 17.3. The van der Waals surface area contributed by atoms with Crippen molar-refractivity contribution in [2.75, 3.05) is 13.2 Å². The number of carbonyl (C=O) groups is 2.